The molecule has 0 spiro atoms. The molecule has 6 heteroatoms. The molecule has 1 saturated heterocycles. The summed E-state index contributed by atoms with van der Waals surface area (Å²) in [6.07, 6.45) is -5.86. The van der Waals surface area contributed by atoms with Crippen molar-refractivity contribution in [3.05, 3.63) is 0 Å². The first-order chi connectivity index (χ1) is 6.43. The van der Waals surface area contributed by atoms with Crippen molar-refractivity contribution in [3.8, 4) is 0 Å². The zero-order valence-electron chi connectivity index (χ0n) is 7.95. The number of carbonyl (C=O) groups is 1. The summed E-state index contributed by atoms with van der Waals surface area (Å²) in [5.74, 6) is -0.630. The minimum absolute atomic E-state index is 0.630. The Morgan fingerprint density at radius 3 is 2.36 bits per heavy atom. The second-order valence-corrected chi connectivity index (χ2v) is 3.29. The third-order valence-corrected chi connectivity index (χ3v) is 2.10. The van der Waals surface area contributed by atoms with Crippen molar-refractivity contribution in [2.75, 3.05) is 0 Å². The van der Waals surface area contributed by atoms with E-state index in [1.807, 2.05) is 0 Å². The first kappa shape index (κ1) is 11.4. The number of rotatable bonds is 1. The van der Waals surface area contributed by atoms with Crippen LogP contribution in [0.15, 0.2) is 0 Å². The monoisotopic (exact) mass is 206 g/mol. The van der Waals surface area contributed by atoms with Crippen molar-refractivity contribution >= 4 is 5.97 Å². The van der Waals surface area contributed by atoms with E-state index in [0.29, 0.717) is 0 Å². The molecule has 2 unspecified atom stereocenters. The Bertz CT molecular complexity index is 204. The lowest BCUT2D eigenvalue weighted by Crippen LogP contribution is -2.57. The van der Waals surface area contributed by atoms with E-state index in [1.165, 1.54) is 6.92 Å². The topological polar surface area (TPSA) is 96.2 Å². The number of aliphatic hydroxyl groups is 3. The molecule has 0 aromatic rings. The van der Waals surface area contributed by atoms with Gasteiger partial charge in [-0.2, -0.15) is 0 Å². The molecule has 3 N–H and O–H groups in total. The van der Waals surface area contributed by atoms with Crippen molar-refractivity contribution in [3.63, 3.8) is 0 Å². The van der Waals surface area contributed by atoms with Crippen LogP contribution in [0.25, 0.3) is 0 Å². The van der Waals surface area contributed by atoms with Crippen molar-refractivity contribution in [1.29, 1.82) is 0 Å². The Balaban J connectivity index is 2.71. The average molecular weight is 206 g/mol. The number of ether oxygens (including phenoxy) is 2. The van der Waals surface area contributed by atoms with E-state index in [4.69, 9.17) is 4.74 Å². The van der Waals surface area contributed by atoms with Gasteiger partial charge in [0.05, 0.1) is 6.10 Å². The third-order valence-electron chi connectivity index (χ3n) is 2.10. The van der Waals surface area contributed by atoms with Gasteiger partial charge >= 0.3 is 5.97 Å². The van der Waals surface area contributed by atoms with Gasteiger partial charge in [0.15, 0.2) is 12.4 Å². The highest BCUT2D eigenvalue weighted by Crippen LogP contribution is 2.21. The summed E-state index contributed by atoms with van der Waals surface area (Å²) >= 11 is 0. The standard InChI is InChI=1S/C8H14O6/c1-3-5(10)7(14-4(2)9)6(11)8(12)13-3/h3,5-8,10-12H,1-2H3/t3-,5+,6?,7+,8?/m0/s1. The van der Waals surface area contributed by atoms with Gasteiger partial charge in [-0.3, -0.25) is 4.79 Å². The van der Waals surface area contributed by atoms with E-state index >= 15 is 0 Å². The van der Waals surface area contributed by atoms with Gasteiger partial charge < -0.3 is 24.8 Å². The number of aliphatic hydroxyl groups excluding tert-OH is 3. The molecular weight excluding hydrogens is 192 g/mol. The van der Waals surface area contributed by atoms with Crippen LogP contribution in [0.4, 0.5) is 0 Å². The molecule has 0 bridgehead atoms. The Morgan fingerprint density at radius 1 is 1.29 bits per heavy atom. The van der Waals surface area contributed by atoms with E-state index < -0.39 is 36.7 Å². The highest BCUT2D eigenvalue weighted by atomic mass is 16.6. The summed E-state index contributed by atoms with van der Waals surface area (Å²) in [6.45, 7) is 2.67. The van der Waals surface area contributed by atoms with Crippen LogP contribution < -0.4 is 0 Å². The number of esters is 1. The third kappa shape index (κ3) is 2.21. The average Bonchev–Trinajstić information content (AvgIpc) is 2.09. The van der Waals surface area contributed by atoms with Gasteiger partial charge in [-0.25, -0.2) is 0 Å². The van der Waals surface area contributed by atoms with E-state index in [1.54, 1.807) is 0 Å². The first-order valence-electron chi connectivity index (χ1n) is 4.30. The Hall–Kier alpha value is -0.690. The molecule has 6 nitrogen and oxygen atoms in total. The summed E-state index contributed by atoms with van der Waals surface area (Å²) in [5.41, 5.74) is 0. The lowest BCUT2D eigenvalue weighted by molar-refractivity contribution is -0.281. The number of hydrogen-bond acceptors (Lipinski definition) is 6. The van der Waals surface area contributed by atoms with Crippen LogP contribution in [-0.2, 0) is 14.3 Å². The Morgan fingerprint density at radius 2 is 1.86 bits per heavy atom. The van der Waals surface area contributed by atoms with Crippen molar-refractivity contribution in [2.45, 2.75) is 44.6 Å². The molecule has 82 valence electrons. The van der Waals surface area contributed by atoms with Crippen molar-refractivity contribution < 1.29 is 29.6 Å². The van der Waals surface area contributed by atoms with Crippen LogP contribution in [-0.4, -0.2) is 52.0 Å². The molecule has 5 atom stereocenters. The van der Waals surface area contributed by atoms with Gasteiger partial charge in [-0.1, -0.05) is 0 Å². The summed E-state index contributed by atoms with van der Waals surface area (Å²) in [5, 5.41) is 28.0. The smallest absolute Gasteiger partial charge is 0.303 e. The van der Waals surface area contributed by atoms with E-state index in [0.717, 1.165) is 6.92 Å². The van der Waals surface area contributed by atoms with Gasteiger partial charge in [-0.05, 0) is 6.92 Å². The highest BCUT2D eigenvalue weighted by Gasteiger charge is 2.44. The highest BCUT2D eigenvalue weighted by molar-refractivity contribution is 5.66. The zero-order chi connectivity index (χ0) is 10.9. The normalized spacial score (nSPS) is 43.4. The molecule has 0 aromatic carbocycles. The zero-order valence-corrected chi connectivity index (χ0v) is 7.95. The molecule has 1 heterocycles. The van der Waals surface area contributed by atoms with Gasteiger partial charge in [0.25, 0.3) is 0 Å². The van der Waals surface area contributed by atoms with Gasteiger partial charge in [-0.15, -0.1) is 0 Å². The van der Waals surface area contributed by atoms with Crippen LogP contribution >= 0.6 is 0 Å². The predicted molar refractivity (Wildman–Crippen MR) is 44.1 cm³/mol. The predicted octanol–water partition coefficient (Wildman–Crippen LogP) is -1.62. The van der Waals surface area contributed by atoms with E-state index in [9.17, 15) is 20.1 Å². The van der Waals surface area contributed by atoms with Gasteiger partial charge in [0.2, 0.25) is 0 Å². The molecule has 0 radical (unpaired) electrons. The Labute approximate surface area is 81.1 Å². The lowest BCUT2D eigenvalue weighted by atomic mass is 10.00. The van der Waals surface area contributed by atoms with Crippen molar-refractivity contribution in [2.24, 2.45) is 0 Å². The van der Waals surface area contributed by atoms with Gasteiger partial charge in [0.1, 0.15) is 12.2 Å². The minimum Gasteiger partial charge on any atom is -0.457 e. The number of carbonyl (C=O) groups excluding carboxylic acids is 1. The molecule has 0 amide bonds. The van der Waals surface area contributed by atoms with Crippen LogP contribution in [0.5, 0.6) is 0 Å². The fraction of sp³-hybridized carbons (Fsp3) is 0.875. The number of hydrogen-bond donors (Lipinski definition) is 3. The Kier molecular flexibility index (Phi) is 3.43. The largest absolute Gasteiger partial charge is 0.457 e. The molecular formula is C8H14O6. The molecule has 0 aromatic heterocycles. The molecule has 14 heavy (non-hydrogen) atoms. The van der Waals surface area contributed by atoms with E-state index in [-0.39, 0.29) is 0 Å². The molecule has 1 aliphatic heterocycles. The quantitative estimate of drug-likeness (QED) is 0.446. The maximum Gasteiger partial charge on any atom is 0.303 e. The minimum atomic E-state index is -1.45. The first-order valence-corrected chi connectivity index (χ1v) is 4.30. The fourth-order valence-electron chi connectivity index (χ4n) is 1.34. The summed E-state index contributed by atoms with van der Waals surface area (Å²) < 4.78 is 9.46. The summed E-state index contributed by atoms with van der Waals surface area (Å²) in [6, 6.07) is 0. The molecule has 1 rings (SSSR count). The summed E-state index contributed by atoms with van der Waals surface area (Å²) in [4.78, 5) is 10.6. The van der Waals surface area contributed by atoms with Crippen molar-refractivity contribution in [1.82, 2.24) is 0 Å². The second kappa shape index (κ2) is 4.22. The fourth-order valence-corrected chi connectivity index (χ4v) is 1.34. The summed E-state index contributed by atoms with van der Waals surface area (Å²) in [7, 11) is 0. The maximum atomic E-state index is 10.6. The molecule has 0 saturated carbocycles. The maximum absolute atomic E-state index is 10.6. The SMILES string of the molecule is CC(=O)O[C@H]1C(O)C(O)O[C@@H](C)[C@H]1O. The van der Waals surface area contributed by atoms with Crippen LogP contribution in [0.1, 0.15) is 13.8 Å². The lowest BCUT2D eigenvalue weighted by Gasteiger charge is -2.38. The molecule has 0 aliphatic carbocycles. The van der Waals surface area contributed by atoms with Gasteiger partial charge in [0, 0.05) is 6.92 Å². The van der Waals surface area contributed by atoms with Crippen LogP contribution in [0.2, 0.25) is 0 Å². The van der Waals surface area contributed by atoms with E-state index in [2.05, 4.69) is 4.74 Å². The second-order valence-electron chi connectivity index (χ2n) is 3.29. The molecule has 1 aliphatic rings. The van der Waals surface area contributed by atoms with Crippen LogP contribution in [0, 0.1) is 0 Å². The van der Waals surface area contributed by atoms with Crippen LogP contribution in [0.3, 0.4) is 0 Å². The molecule has 1 fully saturated rings.